The lowest BCUT2D eigenvalue weighted by molar-refractivity contribution is -0.120. The van der Waals surface area contributed by atoms with E-state index in [4.69, 9.17) is 4.74 Å². The van der Waals surface area contributed by atoms with Crippen LogP contribution < -0.4 is 15.0 Å². The quantitative estimate of drug-likeness (QED) is 0.572. The number of rotatable bonds is 4. The first-order chi connectivity index (χ1) is 17.0. The molecule has 0 saturated heterocycles. The molecule has 0 spiro atoms. The smallest absolute Gasteiger partial charge is 0.291 e. The van der Waals surface area contributed by atoms with E-state index in [0.717, 1.165) is 22.3 Å². The van der Waals surface area contributed by atoms with Crippen LogP contribution >= 0.6 is 0 Å². The zero-order valence-corrected chi connectivity index (χ0v) is 21.5. The summed E-state index contributed by atoms with van der Waals surface area (Å²) in [5.41, 5.74) is 4.68. The van der Waals surface area contributed by atoms with Crippen molar-refractivity contribution >= 4 is 17.5 Å². The molecule has 1 aliphatic heterocycles. The Kier molecular flexibility index (Phi) is 6.84. The van der Waals surface area contributed by atoms with Crippen molar-refractivity contribution in [1.29, 1.82) is 0 Å². The van der Waals surface area contributed by atoms with E-state index in [0.29, 0.717) is 18.0 Å². The summed E-state index contributed by atoms with van der Waals surface area (Å²) in [6.45, 7) is 10.7. The van der Waals surface area contributed by atoms with Gasteiger partial charge in [0.1, 0.15) is 24.7 Å². The molecule has 0 bridgehead atoms. The van der Waals surface area contributed by atoms with E-state index in [1.54, 1.807) is 17.8 Å². The number of fused-ring (bicyclic) bond motifs is 1. The largest absolute Gasteiger partial charge is 0.489 e. The first-order valence-corrected chi connectivity index (χ1v) is 11.8. The van der Waals surface area contributed by atoms with Gasteiger partial charge in [0.2, 0.25) is 5.82 Å². The van der Waals surface area contributed by atoms with Gasteiger partial charge in [0.25, 0.3) is 11.8 Å². The average Bonchev–Trinajstić information content (AvgIpc) is 3.26. The van der Waals surface area contributed by atoms with Crippen LogP contribution in [0.25, 0.3) is 0 Å². The molecule has 0 radical (unpaired) electrons. The maximum absolute atomic E-state index is 13.2. The van der Waals surface area contributed by atoms with Gasteiger partial charge >= 0.3 is 0 Å². The summed E-state index contributed by atoms with van der Waals surface area (Å²) in [6, 6.07) is 10.7. The molecule has 0 fully saturated rings. The Bertz CT molecular complexity index is 1350. The minimum absolute atomic E-state index is 0.00167. The fourth-order valence-corrected chi connectivity index (χ4v) is 3.90. The van der Waals surface area contributed by atoms with E-state index in [-0.39, 0.29) is 23.8 Å². The Balaban J connectivity index is 1.47. The number of aryl methyl sites for hydroxylation is 2. The van der Waals surface area contributed by atoms with Crippen LogP contribution in [0, 0.1) is 31.1 Å². The highest BCUT2D eigenvalue weighted by Gasteiger charge is 2.31. The first-order valence-electron chi connectivity index (χ1n) is 11.8. The number of aromatic nitrogens is 3. The molecule has 2 amide bonds. The van der Waals surface area contributed by atoms with Crippen LogP contribution in [0.1, 0.15) is 53.6 Å². The van der Waals surface area contributed by atoms with Crippen LogP contribution in [0.4, 0.5) is 5.69 Å². The van der Waals surface area contributed by atoms with Gasteiger partial charge in [0, 0.05) is 18.0 Å². The molecule has 1 aliphatic rings. The first kappa shape index (κ1) is 25.0. The molecule has 186 valence electrons. The van der Waals surface area contributed by atoms with Gasteiger partial charge in [-0.15, -0.1) is 5.10 Å². The summed E-state index contributed by atoms with van der Waals surface area (Å²) in [5, 5.41) is 7.05. The monoisotopic (exact) mass is 485 g/mol. The van der Waals surface area contributed by atoms with Gasteiger partial charge < -0.3 is 15.0 Å². The van der Waals surface area contributed by atoms with Crippen LogP contribution in [0.15, 0.2) is 42.7 Å². The number of carbonyl (C=O) groups is 2. The third kappa shape index (κ3) is 5.57. The van der Waals surface area contributed by atoms with Gasteiger partial charge in [-0.05, 0) is 69.5 Å². The zero-order chi connectivity index (χ0) is 26.0. The lowest BCUT2D eigenvalue weighted by Crippen LogP contribution is -2.49. The normalized spacial score (nSPS) is 15.3. The number of benzene rings is 2. The van der Waals surface area contributed by atoms with Gasteiger partial charge in [-0.1, -0.05) is 30.0 Å². The molecule has 8 nitrogen and oxygen atoms in total. The third-order valence-corrected chi connectivity index (χ3v) is 5.95. The molecule has 0 aliphatic carbocycles. The highest BCUT2D eigenvalue weighted by Crippen LogP contribution is 2.31. The maximum Gasteiger partial charge on any atom is 0.291 e. The van der Waals surface area contributed by atoms with E-state index in [9.17, 15) is 9.59 Å². The van der Waals surface area contributed by atoms with E-state index < -0.39 is 11.9 Å². The van der Waals surface area contributed by atoms with E-state index in [1.807, 2.05) is 65.0 Å². The van der Waals surface area contributed by atoms with Crippen LogP contribution in [0.3, 0.4) is 0 Å². The summed E-state index contributed by atoms with van der Waals surface area (Å²) >= 11 is 0. The van der Waals surface area contributed by atoms with Gasteiger partial charge in [-0.3, -0.25) is 9.59 Å². The fraction of sp³-hybridized carbons (Fsp3) is 0.357. The highest BCUT2D eigenvalue weighted by molar-refractivity contribution is 6.02. The number of amides is 2. The van der Waals surface area contributed by atoms with Crippen LogP contribution in [-0.4, -0.2) is 46.3 Å². The summed E-state index contributed by atoms with van der Waals surface area (Å²) in [5.74, 6) is 6.07. The second-order valence-corrected chi connectivity index (χ2v) is 10.1. The molecule has 3 aromatic rings. The summed E-state index contributed by atoms with van der Waals surface area (Å²) in [6.07, 6.45) is 1.52. The standard InChI is InChI=1S/C28H31N5O3/c1-18-8-7-9-19(2)21(18)15-33-17-29-25(31-33)26(34)30-22-16-36-24-11-10-20(12-13-28(3,4)5)14-23(24)32(6)27(22)35/h7-11,14,17,22H,15-16H2,1-6H3,(H,30,34). The molecule has 36 heavy (non-hydrogen) atoms. The van der Waals surface area contributed by atoms with Crippen molar-refractivity contribution in [2.75, 3.05) is 18.6 Å². The lowest BCUT2D eigenvalue weighted by atomic mass is 9.97. The number of carbonyl (C=O) groups excluding carboxylic acids is 2. The topological polar surface area (TPSA) is 89.4 Å². The minimum atomic E-state index is -0.885. The fourth-order valence-electron chi connectivity index (χ4n) is 3.90. The van der Waals surface area contributed by atoms with Crippen molar-refractivity contribution in [3.63, 3.8) is 0 Å². The molecule has 8 heteroatoms. The second-order valence-electron chi connectivity index (χ2n) is 10.1. The van der Waals surface area contributed by atoms with Crippen LogP contribution in [0.2, 0.25) is 0 Å². The summed E-state index contributed by atoms with van der Waals surface area (Å²) in [7, 11) is 1.66. The predicted octanol–water partition coefficient (Wildman–Crippen LogP) is 3.49. The van der Waals surface area contributed by atoms with Gasteiger partial charge in [-0.2, -0.15) is 0 Å². The second kappa shape index (κ2) is 9.86. The SMILES string of the molecule is Cc1cccc(C)c1Cn1cnc(C(=O)NC2COc3ccc(C#CC(C)(C)C)cc3N(C)C2=O)n1. The molecular formula is C28H31N5O3. The van der Waals surface area contributed by atoms with Gasteiger partial charge in [-0.25, -0.2) is 9.67 Å². The molecular weight excluding hydrogens is 454 g/mol. The van der Waals surface area contributed by atoms with Crippen molar-refractivity contribution in [3.05, 3.63) is 70.8 Å². The number of likely N-dealkylation sites (N-methyl/N-ethyl adjacent to an activating group) is 1. The maximum atomic E-state index is 13.2. The van der Waals surface area contributed by atoms with Crippen molar-refractivity contribution in [3.8, 4) is 17.6 Å². The van der Waals surface area contributed by atoms with Crippen molar-refractivity contribution in [2.24, 2.45) is 5.41 Å². The number of hydrogen-bond acceptors (Lipinski definition) is 5. The Morgan fingerprint density at radius 3 is 2.61 bits per heavy atom. The van der Waals surface area contributed by atoms with Crippen molar-refractivity contribution in [1.82, 2.24) is 20.1 Å². The highest BCUT2D eigenvalue weighted by atomic mass is 16.5. The summed E-state index contributed by atoms with van der Waals surface area (Å²) in [4.78, 5) is 31.7. The number of nitrogens with zero attached hydrogens (tertiary/aromatic N) is 4. The van der Waals surface area contributed by atoms with Crippen LogP contribution in [-0.2, 0) is 11.3 Å². The molecule has 2 aromatic carbocycles. The lowest BCUT2D eigenvalue weighted by Gasteiger charge is -2.20. The molecule has 2 heterocycles. The molecule has 1 unspecified atom stereocenters. The van der Waals surface area contributed by atoms with E-state index in [1.165, 1.54) is 11.2 Å². The number of anilines is 1. The number of nitrogens with one attached hydrogen (secondary N) is 1. The predicted molar refractivity (Wildman–Crippen MR) is 138 cm³/mol. The third-order valence-electron chi connectivity index (χ3n) is 5.95. The Morgan fingerprint density at radius 2 is 1.92 bits per heavy atom. The van der Waals surface area contributed by atoms with E-state index in [2.05, 4.69) is 27.2 Å². The van der Waals surface area contributed by atoms with Crippen LogP contribution in [0.5, 0.6) is 5.75 Å². The molecule has 4 rings (SSSR count). The Labute approximate surface area is 211 Å². The van der Waals surface area contributed by atoms with Gasteiger partial charge in [0.05, 0.1) is 12.2 Å². The molecule has 1 atom stereocenters. The molecule has 1 aromatic heterocycles. The summed E-state index contributed by atoms with van der Waals surface area (Å²) < 4.78 is 7.50. The van der Waals surface area contributed by atoms with Gasteiger partial charge in [0.15, 0.2) is 0 Å². The Morgan fingerprint density at radius 1 is 1.19 bits per heavy atom. The average molecular weight is 486 g/mol. The van der Waals surface area contributed by atoms with E-state index >= 15 is 0 Å². The minimum Gasteiger partial charge on any atom is -0.489 e. The van der Waals surface area contributed by atoms with Crippen molar-refractivity contribution in [2.45, 2.75) is 47.2 Å². The molecule has 0 saturated carbocycles. The number of ether oxygens (including phenoxy) is 1. The Hall–Kier alpha value is -4.12. The number of hydrogen-bond donors (Lipinski definition) is 1. The zero-order valence-electron chi connectivity index (χ0n) is 21.5. The molecule has 1 N–H and O–H groups in total. The van der Waals surface area contributed by atoms with Crippen molar-refractivity contribution < 1.29 is 14.3 Å².